The molecule has 2 aliphatic rings. The normalized spacial score (nSPS) is 20.9. The van der Waals surface area contributed by atoms with Crippen molar-refractivity contribution in [2.24, 2.45) is 5.92 Å². The number of ether oxygens (including phenoxy) is 1. The first-order valence-corrected chi connectivity index (χ1v) is 11.5. The molecule has 2 fully saturated rings. The predicted molar refractivity (Wildman–Crippen MR) is 102 cm³/mol. The molecule has 3 aromatic rings. The van der Waals surface area contributed by atoms with Crippen LogP contribution in [0.15, 0.2) is 29.3 Å². The molecule has 0 amide bonds. The van der Waals surface area contributed by atoms with E-state index in [9.17, 15) is 8.42 Å². The Morgan fingerprint density at radius 3 is 2.96 bits per heavy atom. The molecule has 1 saturated heterocycles. The molecule has 0 radical (unpaired) electrons. The molecule has 0 N–H and O–H groups in total. The van der Waals surface area contributed by atoms with Crippen LogP contribution in [-0.4, -0.2) is 56.2 Å². The van der Waals surface area contributed by atoms with E-state index in [1.807, 2.05) is 6.20 Å². The van der Waals surface area contributed by atoms with Crippen LogP contribution in [0.1, 0.15) is 31.0 Å². The molecule has 1 atom stereocenters. The first kappa shape index (κ1) is 18.1. The minimum atomic E-state index is -3.63. The first-order chi connectivity index (χ1) is 13.6. The zero-order valence-electron chi connectivity index (χ0n) is 15.1. The first-order valence-electron chi connectivity index (χ1n) is 9.31. The van der Waals surface area contributed by atoms with Crippen LogP contribution in [-0.2, 0) is 21.4 Å². The minimum absolute atomic E-state index is 0.0350. The molecule has 2 aromatic heterocycles. The van der Waals surface area contributed by atoms with Gasteiger partial charge in [-0.05, 0) is 37.3 Å². The molecule has 1 aromatic carbocycles. The van der Waals surface area contributed by atoms with Gasteiger partial charge in [-0.15, -0.1) is 5.10 Å². The van der Waals surface area contributed by atoms with Crippen molar-refractivity contribution in [1.82, 2.24) is 28.0 Å². The van der Waals surface area contributed by atoms with Crippen LogP contribution in [0.3, 0.4) is 0 Å². The molecule has 5 rings (SSSR count). The summed E-state index contributed by atoms with van der Waals surface area (Å²) in [4.78, 5) is 0.215. The molecular formula is C17H20N6O3S2. The minimum Gasteiger partial charge on any atom is -0.375 e. The Kier molecular flexibility index (Phi) is 4.62. The van der Waals surface area contributed by atoms with E-state index in [-0.39, 0.29) is 10.9 Å². The summed E-state index contributed by atoms with van der Waals surface area (Å²) in [5.41, 5.74) is 1.82. The smallest absolute Gasteiger partial charge is 0.245 e. The molecule has 0 bridgehead atoms. The van der Waals surface area contributed by atoms with E-state index in [4.69, 9.17) is 4.74 Å². The third-order valence-corrected chi connectivity index (χ3v) is 7.66. The standard InChI is InChI=1S/C17H20N6O3S2/c24-28(25,16-3-1-2-15-17(16)20-27-19-15)22-7-6-14(9-22)23-8-13(18-21-23)11-26-10-12-4-5-12/h1-3,8,12,14H,4-7,9-11H2. The van der Waals surface area contributed by atoms with E-state index < -0.39 is 10.0 Å². The Bertz CT molecular complexity index is 1090. The number of aromatic nitrogens is 5. The Labute approximate surface area is 166 Å². The summed E-state index contributed by atoms with van der Waals surface area (Å²) in [5.74, 6) is 0.709. The Hall–Kier alpha value is -1.95. The fraction of sp³-hybridized carbons (Fsp3) is 0.529. The van der Waals surface area contributed by atoms with E-state index in [2.05, 4.69) is 19.1 Å². The highest BCUT2D eigenvalue weighted by Gasteiger charge is 2.35. The number of rotatable bonds is 7. The van der Waals surface area contributed by atoms with Gasteiger partial charge in [0.25, 0.3) is 0 Å². The second-order valence-corrected chi connectivity index (χ2v) is 9.78. The highest BCUT2D eigenvalue weighted by atomic mass is 32.2. The number of hydrogen-bond acceptors (Lipinski definition) is 8. The quantitative estimate of drug-likeness (QED) is 0.574. The lowest BCUT2D eigenvalue weighted by molar-refractivity contribution is 0.108. The van der Waals surface area contributed by atoms with Crippen LogP contribution in [0.25, 0.3) is 11.0 Å². The van der Waals surface area contributed by atoms with E-state index in [0.29, 0.717) is 43.1 Å². The van der Waals surface area contributed by atoms with Crippen molar-refractivity contribution < 1.29 is 13.2 Å². The summed E-state index contributed by atoms with van der Waals surface area (Å²) in [6.45, 7) is 2.03. The van der Waals surface area contributed by atoms with Crippen molar-refractivity contribution >= 4 is 32.8 Å². The van der Waals surface area contributed by atoms with Gasteiger partial charge in [0.1, 0.15) is 21.6 Å². The topological polar surface area (TPSA) is 103 Å². The third-order valence-electron chi connectivity index (χ3n) is 5.23. The fourth-order valence-electron chi connectivity index (χ4n) is 3.45. The van der Waals surface area contributed by atoms with Gasteiger partial charge in [-0.25, -0.2) is 13.1 Å². The average Bonchev–Trinajstić information content (AvgIpc) is 3.11. The SMILES string of the molecule is O=S(=O)(c1cccc2nsnc12)N1CCC(n2cc(COCC3CC3)nn2)C1. The highest BCUT2D eigenvalue weighted by Crippen LogP contribution is 2.31. The highest BCUT2D eigenvalue weighted by molar-refractivity contribution is 7.89. The maximum absolute atomic E-state index is 13.1. The number of fused-ring (bicyclic) bond motifs is 1. The van der Waals surface area contributed by atoms with Crippen molar-refractivity contribution in [2.45, 2.75) is 36.8 Å². The number of sulfonamides is 1. The van der Waals surface area contributed by atoms with Crippen LogP contribution >= 0.6 is 11.7 Å². The lowest BCUT2D eigenvalue weighted by Gasteiger charge is -2.16. The van der Waals surface area contributed by atoms with Crippen molar-refractivity contribution in [2.75, 3.05) is 19.7 Å². The van der Waals surface area contributed by atoms with E-state index in [0.717, 1.165) is 24.0 Å². The molecule has 1 aliphatic heterocycles. The van der Waals surface area contributed by atoms with Crippen LogP contribution in [0, 0.1) is 5.92 Å². The molecule has 3 heterocycles. The number of nitrogens with zero attached hydrogens (tertiary/aromatic N) is 6. The lowest BCUT2D eigenvalue weighted by atomic mass is 10.3. The molecule has 9 nitrogen and oxygen atoms in total. The van der Waals surface area contributed by atoms with Gasteiger partial charge in [0, 0.05) is 19.7 Å². The maximum atomic E-state index is 13.1. The van der Waals surface area contributed by atoms with Gasteiger partial charge >= 0.3 is 0 Å². The number of hydrogen-bond donors (Lipinski definition) is 0. The fourth-order valence-corrected chi connectivity index (χ4v) is 5.69. The molecular weight excluding hydrogens is 400 g/mol. The average molecular weight is 421 g/mol. The van der Waals surface area contributed by atoms with Crippen LogP contribution in [0.2, 0.25) is 0 Å². The molecule has 1 aliphatic carbocycles. The molecule has 11 heteroatoms. The monoisotopic (exact) mass is 420 g/mol. The summed E-state index contributed by atoms with van der Waals surface area (Å²) >= 11 is 1.02. The lowest BCUT2D eigenvalue weighted by Crippen LogP contribution is -2.29. The van der Waals surface area contributed by atoms with Gasteiger partial charge in [0.05, 0.1) is 30.6 Å². The van der Waals surface area contributed by atoms with Crippen LogP contribution < -0.4 is 0 Å². The van der Waals surface area contributed by atoms with Crippen LogP contribution in [0.4, 0.5) is 0 Å². The molecule has 1 unspecified atom stereocenters. The molecule has 28 heavy (non-hydrogen) atoms. The molecule has 0 spiro atoms. The summed E-state index contributed by atoms with van der Waals surface area (Å²) in [5, 5.41) is 8.35. The summed E-state index contributed by atoms with van der Waals surface area (Å²) in [7, 11) is -3.63. The van der Waals surface area contributed by atoms with Gasteiger partial charge in [-0.2, -0.15) is 13.1 Å². The maximum Gasteiger partial charge on any atom is 0.245 e. The van der Waals surface area contributed by atoms with E-state index in [1.165, 1.54) is 17.1 Å². The molecule has 1 saturated carbocycles. The van der Waals surface area contributed by atoms with Crippen molar-refractivity contribution in [3.63, 3.8) is 0 Å². The van der Waals surface area contributed by atoms with Crippen molar-refractivity contribution in [1.29, 1.82) is 0 Å². The number of benzene rings is 1. The van der Waals surface area contributed by atoms with Crippen LogP contribution in [0.5, 0.6) is 0 Å². The van der Waals surface area contributed by atoms with Gasteiger partial charge < -0.3 is 4.74 Å². The Morgan fingerprint density at radius 2 is 2.11 bits per heavy atom. The summed E-state index contributed by atoms with van der Waals surface area (Å²) in [6.07, 6.45) is 5.06. The van der Waals surface area contributed by atoms with Crippen molar-refractivity contribution in [3.8, 4) is 0 Å². The van der Waals surface area contributed by atoms with Gasteiger partial charge in [-0.3, -0.25) is 0 Å². The van der Waals surface area contributed by atoms with Gasteiger partial charge in [-0.1, -0.05) is 11.3 Å². The second-order valence-electron chi connectivity index (χ2n) is 7.34. The largest absolute Gasteiger partial charge is 0.375 e. The Balaban J connectivity index is 1.29. The van der Waals surface area contributed by atoms with Gasteiger partial charge in [0.15, 0.2) is 0 Å². The van der Waals surface area contributed by atoms with E-state index in [1.54, 1.807) is 22.9 Å². The second kappa shape index (κ2) is 7.14. The third kappa shape index (κ3) is 3.43. The predicted octanol–water partition coefficient (Wildman–Crippen LogP) is 1.85. The van der Waals surface area contributed by atoms with Gasteiger partial charge in [0.2, 0.25) is 10.0 Å². The van der Waals surface area contributed by atoms with E-state index >= 15 is 0 Å². The zero-order valence-corrected chi connectivity index (χ0v) is 16.8. The zero-order chi connectivity index (χ0) is 19.1. The summed E-state index contributed by atoms with van der Waals surface area (Å²) < 4.78 is 43.5. The summed E-state index contributed by atoms with van der Waals surface area (Å²) in [6, 6.07) is 5.03. The Morgan fingerprint density at radius 1 is 1.21 bits per heavy atom. The van der Waals surface area contributed by atoms with Crippen molar-refractivity contribution in [3.05, 3.63) is 30.1 Å². The molecule has 148 valence electrons.